The third kappa shape index (κ3) is 24.4. The zero-order chi connectivity index (χ0) is 18.3. The lowest BCUT2D eigenvalue weighted by atomic mass is 10.0. The molecule has 0 aliphatic heterocycles. The summed E-state index contributed by atoms with van der Waals surface area (Å²) in [4.78, 5) is 0. The summed E-state index contributed by atoms with van der Waals surface area (Å²) >= 11 is 2.04. The van der Waals surface area contributed by atoms with Crippen molar-refractivity contribution in [2.24, 2.45) is 0 Å². The Kier molecular flexibility index (Phi) is 24.7. The molecule has 0 heterocycles. The van der Waals surface area contributed by atoms with Gasteiger partial charge in [0.1, 0.15) is 0 Å². The summed E-state index contributed by atoms with van der Waals surface area (Å²) in [6.07, 6.45) is 28.9. The molecule has 0 saturated heterocycles. The number of rotatable bonds is 22. The van der Waals surface area contributed by atoms with Gasteiger partial charge in [0.2, 0.25) is 0 Å². The van der Waals surface area contributed by atoms with Gasteiger partial charge in [-0.2, -0.15) is 11.8 Å². The fraction of sp³-hybridized carbons (Fsp3) is 0.958. The fourth-order valence-corrected chi connectivity index (χ4v) is 4.30. The molecule has 1 radical (unpaired) electrons. The average molecular weight is 370 g/mol. The minimum absolute atomic E-state index is 1.33. The van der Waals surface area contributed by atoms with Crippen molar-refractivity contribution in [3.8, 4) is 0 Å². The molecule has 0 aromatic rings. The molecular weight excluding hydrogens is 320 g/mol. The van der Waals surface area contributed by atoms with E-state index in [1.54, 1.807) is 0 Å². The fourth-order valence-electron chi connectivity index (χ4n) is 3.35. The third-order valence-electron chi connectivity index (χ3n) is 5.16. The second-order valence-corrected chi connectivity index (χ2v) is 8.91. The van der Waals surface area contributed by atoms with Crippen LogP contribution in [0.15, 0.2) is 0 Å². The number of unbranched alkanes of at least 4 members (excludes halogenated alkanes) is 18. The Labute approximate surface area is 165 Å². The highest BCUT2D eigenvalue weighted by molar-refractivity contribution is 8.01. The highest BCUT2D eigenvalue weighted by Crippen LogP contribution is 2.16. The zero-order valence-electron chi connectivity index (χ0n) is 17.8. The standard InChI is InChI=1S/C24H49S/c1-3-5-7-8-9-10-11-12-13-14-15-16-17-18-19-20-21-22-24-25-23-6-4-2/h24H,3-23H2,1-2H3. The van der Waals surface area contributed by atoms with E-state index in [0.29, 0.717) is 0 Å². The second-order valence-electron chi connectivity index (χ2n) is 7.84. The van der Waals surface area contributed by atoms with Crippen LogP contribution in [-0.2, 0) is 0 Å². The summed E-state index contributed by atoms with van der Waals surface area (Å²) < 4.78 is 0. The first kappa shape index (κ1) is 25.4. The van der Waals surface area contributed by atoms with Gasteiger partial charge in [0.25, 0.3) is 0 Å². The molecule has 0 aliphatic carbocycles. The van der Waals surface area contributed by atoms with Crippen molar-refractivity contribution in [1.82, 2.24) is 0 Å². The van der Waals surface area contributed by atoms with Gasteiger partial charge in [-0.3, -0.25) is 0 Å². The lowest BCUT2D eigenvalue weighted by Crippen LogP contribution is -1.84. The molecule has 0 atom stereocenters. The topological polar surface area (TPSA) is 0 Å². The van der Waals surface area contributed by atoms with E-state index in [1.807, 2.05) is 11.8 Å². The summed E-state index contributed by atoms with van der Waals surface area (Å²) in [7, 11) is 0. The molecule has 0 N–H and O–H groups in total. The van der Waals surface area contributed by atoms with Gasteiger partial charge in [0.15, 0.2) is 0 Å². The quantitative estimate of drug-likeness (QED) is 0.171. The minimum Gasteiger partial charge on any atom is -0.157 e. The first-order valence-electron chi connectivity index (χ1n) is 11.8. The monoisotopic (exact) mass is 369 g/mol. The Hall–Kier alpha value is 0.350. The molecular formula is C24H49S. The predicted molar refractivity (Wildman–Crippen MR) is 120 cm³/mol. The van der Waals surface area contributed by atoms with Crippen molar-refractivity contribution >= 4 is 11.8 Å². The maximum absolute atomic E-state index is 2.45. The molecule has 1 heteroatoms. The molecule has 0 spiro atoms. The van der Waals surface area contributed by atoms with Crippen molar-refractivity contribution in [1.29, 1.82) is 0 Å². The summed E-state index contributed by atoms with van der Waals surface area (Å²) in [5.74, 6) is 3.77. The molecule has 0 aliphatic rings. The third-order valence-corrected chi connectivity index (χ3v) is 6.15. The lowest BCUT2D eigenvalue weighted by molar-refractivity contribution is 0.527. The van der Waals surface area contributed by atoms with Crippen LogP contribution in [0.25, 0.3) is 0 Å². The van der Waals surface area contributed by atoms with Crippen molar-refractivity contribution < 1.29 is 0 Å². The Balaban J connectivity index is 2.94. The normalized spacial score (nSPS) is 11.3. The van der Waals surface area contributed by atoms with E-state index < -0.39 is 0 Å². The van der Waals surface area contributed by atoms with Gasteiger partial charge in [0.05, 0.1) is 0 Å². The molecule has 25 heavy (non-hydrogen) atoms. The summed E-state index contributed by atoms with van der Waals surface area (Å²) in [5, 5.41) is 0. The van der Waals surface area contributed by atoms with Gasteiger partial charge in [-0.15, -0.1) is 0 Å². The summed E-state index contributed by atoms with van der Waals surface area (Å²) in [5.41, 5.74) is 0. The van der Waals surface area contributed by atoms with E-state index in [1.165, 1.54) is 134 Å². The zero-order valence-corrected chi connectivity index (χ0v) is 18.7. The highest BCUT2D eigenvalue weighted by atomic mass is 32.2. The molecule has 0 bridgehead atoms. The van der Waals surface area contributed by atoms with Crippen LogP contribution in [-0.4, -0.2) is 5.75 Å². The molecule has 0 fully saturated rings. The number of thioether (sulfide) groups is 1. The average Bonchev–Trinajstić information content (AvgIpc) is 2.63. The molecule has 151 valence electrons. The Bertz CT molecular complexity index is 192. The minimum atomic E-state index is 1.33. The van der Waals surface area contributed by atoms with Crippen LogP contribution >= 0.6 is 11.8 Å². The second kappa shape index (κ2) is 24.4. The van der Waals surface area contributed by atoms with Crippen molar-refractivity contribution in [2.45, 2.75) is 142 Å². The van der Waals surface area contributed by atoms with Crippen LogP contribution in [0.5, 0.6) is 0 Å². The lowest BCUT2D eigenvalue weighted by Gasteiger charge is -2.04. The maximum Gasteiger partial charge on any atom is 0.0166 e. The van der Waals surface area contributed by atoms with Crippen molar-refractivity contribution in [3.63, 3.8) is 0 Å². The molecule has 0 unspecified atom stereocenters. The maximum atomic E-state index is 2.45. The molecule has 0 aromatic carbocycles. The van der Waals surface area contributed by atoms with E-state index in [2.05, 4.69) is 19.6 Å². The van der Waals surface area contributed by atoms with Gasteiger partial charge < -0.3 is 0 Å². The van der Waals surface area contributed by atoms with E-state index in [-0.39, 0.29) is 0 Å². The molecule has 0 aromatic heterocycles. The largest absolute Gasteiger partial charge is 0.157 e. The highest BCUT2D eigenvalue weighted by Gasteiger charge is 1.95. The van der Waals surface area contributed by atoms with Crippen LogP contribution < -0.4 is 0 Å². The Morgan fingerprint density at radius 2 is 0.800 bits per heavy atom. The summed E-state index contributed by atoms with van der Waals surface area (Å²) in [6, 6.07) is 0. The SMILES string of the molecule is CCCCCCCCCCCCCCCCCCC[CH]SCCCC. The van der Waals surface area contributed by atoms with E-state index in [4.69, 9.17) is 0 Å². The molecule has 0 nitrogen and oxygen atoms in total. The molecule has 0 amide bonds. The number of hydrogen-bond donors (Lipinski definition) is 0. The molecule has 0 saturated carbocycles. The van der Waals surface area contributed by atoms with Gasteiger partial charge in [0, 0.05) is 5.75 Å². The van der Waals surface area contributed by atoms with Gasteiger partial charge in [-0.05, 0) is 18.6 Å². The number of hydrogen-bond acceptors (Lipinski definition) is 1. The van der Waals surface area contributed by atoms with Crippen LogP contribution in [0, 0.1) is 5.75 Å². The van der Waals surface area contributed by atoms with Crippen LogP contribution in [0.2, 0.25) is 0 Å². The van der Waals surface area contributed by atoms with Gasteiger partial charge in [-0.1, -0.05) is 129 Å². The van der Waals surface area contributed by atoms with E-state index >= 15 is 0 Å². The molecule has 0 rings (SSSR count). The van der Waals surface area contributed by atoms with Crippen LogP contribution in [0.4, 0.5) is 0 Å². The predicted octanol–water partition coefficient (Wildman–Crippen LogP) is 9.72. The smallest absolute Gasteiger partial charge is 0.0166 e. The van der Waals surface area contributed by atoms with Crippen LogP contribution in [0.1, 0.15) is 142 Å². The van der Waals surface area contributed by atoms with Gasteiger partial charge >= 0.3 is 0 Å². The van der Waals surface area contributed by atoms with E-state index in [9.17, 15) is 0 Å². The Morgan fingerprint density at radius 3 is 1.20 bits per heavy atom. The van der Waals surface area contributed by atoms with E-state index in [0.717, 1.165) is 0 Å². The summed E-state index contributed by atoms with van der Waals surface area (Å²) in [6.45, 7) is 4.57. The van der Waals surface area contributed by atoms with Crippen LogP contribution in [0.3, 0.4) is 0 Å². The van der Waals surface area contributed by atoms with Crippen molar-refractivity contribution in [3.05, 3.63) is 5.75 Å². The van der Waals surface area contributed by atoms with Gasteiger partial charge in [-0.25, -0.2) is 0 Å². The first-order valence-corrected chi connectivity index (χ1v) is 12.9. The Morgan fingerprint density at radius 1 is 0.440 bits per heavy atom. The first-order chi connectivity index (χ1) is 12.4. The van der Waals surface area contributed by atoms with Crippen molar-refractivity contribution in [2.75, 3.05) is 5.75 Å².